The molecule has 98 valence electrons. The van der Waals surface area contributed by atoms with Crippen LogP contribution >= 0.6 is 12.2 Å². The Morgan fingerprint density at radius 1 is 1.44 bits per heavy atom. The number of phenolic OH excluding ortho intramolecular Hbond substituents is 1. The number of hydrogen-bond acceptors (Lipinski definition) is 3. The predicted octanol–water partition coefficient (Wildman–Crippen LogP) is 2.17. The molecule has 1 rings (SSSR count). The quantitative estimate of drug-likeness (QED) is 0.435. The summed E-state index contributed by atoms with van der Waals surface area (Å²) in [4.78, 5) is 0. The van der Waals surface area contributed by atoms with Crippen molar-refractivity contribution in [3.63, 3.8) is 0 Å². The number of rotatable bonds is 2. The Balaban J connectivity index is 3.17. The number of nitrogens with one attached hydrogen (secondary N) is 1. The second-order valence-electron chi connectivity index (χ2n) is 5.23. The molecule has 0 saturated carbocycles. The molecule has 0 atom stereocenters. The number of aromatic hydroxyl groups is 1. The second-order valence-corrected chi connectivity index (χ2v) is 5.67. The molecular weight excluding hydrogens is 246 g/mol. The van der Waals surface area contributed by atoms with Gasteiger partial charge in [0.15, 0.2) is 5.11 Å². The molecule has 0 unspecified atom stereocenters. The van der Waals surface area contributed by atoms with Crippen LogP contribution in [0.1, 0.15) is 37.5 Å². The van der Waals surface area contributed by atoms with Gasteiger partial charge in [0.05, 0.1) is 6.21 Å². The van der Waals surface area contributed by atoms with E-state index in [0.29, 0.717) is 5.56 Å². The van der Waals surface area contributed by atoms with Crippen molar-refractivity contribution in [2.45, 2.75) is 33.1 Å². The Hall–Kier alpha value is -1.62. The van der Waals surface area contributed by atoms with Gasteiger partial charge in [-0.05, 0) is 36.2 Å². The van der Waals surface area contributed by atoms with E-state index in [4.69, 9.17) is 5.73 Å². The summed E-state index contributed by atoms with van der Waals surface area (Å²) in [7, 11) is 0. The molecule has 1 aromatic rings. The molecule has 0 aliphatic carbocycles. The van der Waals surface area contributed by atoms with Crippen molar-refractivity contribution >= 4 is 23.5 Å². The number of benzene rings is 1. The smallest absolute Gasteiger partial charge is 0.184 e. The van der Waals surface area contributed by atoms with Gasteiger partial charge in [0.25, 0.3) is 0 Å². The van der Waals surface area contributed by atoms with E-state index < -0.39 is 0 Å². The highest BCUT2D eigenvalue weighted by Gasteiger charge is 2.20. The van der Waals surface area contributed by atoms with Gasteiger partial charge < -0.3 is 10.8 Å². The van der Waals surface area contributed by atoms with E-state index >= 15 is 0 Å². The van der Waals surface area contributed by atoms with Crippen LogP contribution in [0, 0.1) is 6.92 Å². The molecule has 1 aromatic carbocycles. The average molecular weight is 265 g/mol. The third kappa shape index (κ3) is 3.70. The van der Waals surface area contributed by atoms with E-state index in [-0.39, 0.29) is 16.3 Å². The van der Waals surface area contributed by atoms with Crippen LogP contribution in [0.15, 0.2) is 17.2 Å². The van der Waals surface area contributed by atoms with Crippen LogP contribution in [0.5, 0.6) is 5.75 Å². The lowest BCUT2D eigenvalue weighted by atomic mass is 9.84. The molecule has 5 heteroatoms. The molecule has 0 amide bonds. The fraction of sp³-hybridized carbons (Fsp3) is 0.385. The van der Waals surface area contributed by atoms with Crippen molar-refractivity contribution < 1.29 is 5.11 Å². The normalized spacial score (nSPS) is 11.8. The minimum atomic E-state index is -0.130. The monoisotopic (exact) mass is 265 g/mol. The Morgan fingerprint density at radius 2 is 2.06 bits per heavy atom. The fourth-order valence-corrected chi connectivity index (χ4v) is 1.70. The molecule has 0 saturated heterocycles. The molecule has 0 aliphatic rings. The lowest BCUT2D eigenvalue weighted by Gasteiger charge is -2.22. The van der Waals surface area contributed by atoms with Crippen molar-refractivity contribution in [3.05, 3.63) is 28.8 Å². The summed E-state index contributed by atoms with van der Waals surface area (Å²) in [6.45, 7) is 8.13. The molecule has 0 heterocycles. The highest BCUT2D eigenvalue weighted by molar-refractivity contribution is 7.80. The first-order valence-corrected chi connectivity index (χ1v) is 6.05. The van der Waals surface area contributed by atoms with E-state index in [1.54, 1.807) is 0 Å². The first-order chi connectivity index (χ1) is 8.21. The van der Waals surface area contributed by atoms with E-state index in [0.717, 1.165) is 11.1 Å². The second kappa shape index (κ2) is 5.35. The van der Waals surface area contributed by atoms with E-state index in [1.165, 1.54) is 6.21 Å². The molecule has 0 bridgehead atoms. The first-order valence-electron chi connectivity index (χ1n) is 5.64. The van der Waals surface area contributed by atoms with Gasteiger partial charge in [0.2, 0.25) is 0 Å². The van der Waals surface area contributed by atoms with Crippen LogP contribution in [0.25, 0.3) is 0 Å². The zero-order valence-electron chi connectivity index (χ0n) is 11.1. The maximum Gasteiger partial charge on any atom is 0.184 e. The summed E-state index contributed by atoms with van der Waals surface area (Å²) < 4.78 is 0. The van der Waals surface area contributed by atoms with Crippen LogP contribution in [0.2, 0.25) is 0 Å². The Bertz CT molecular complexity index is 490. The minimum Gasteiger partial charge on any atom is -0.507 e. The number of nitrogens with two attached hydrogens (primary N) is 1. The van der Waals surface area contributed by atoms with Gasteiger partial charge in [-0.25, -0.2) is 0 Å². The van der Waals surface area contributed by atoms with Gasteiger partial charge in [-0.3, -0.25) is 5.43 Å². The van der Waals surface area contributed by atoms with Gasteiger partial charge in [-0.15, -0.1) is 0 Å². The lowest BCUT2D eigenvalue weighted by Crippen LogP contribution is -2.24. The highest BCUT2D eigenvalue weighted by Crippen LogP contribution is 2.33. The largest absolute Gasteiger partial charge is 0.507 e. The topological polar surface area (TPSA) is 70.6 Å². The van der Waals surface area contributed by atoms with Crippen LogP contribution in [0.3, 0.4) is 0 Å². The van der Waals surface area contributed by atoms with Crippen molar-refractivity contribution in [1.82, 2.24) is 5.43 Å². The van der Waals surface area contributed by atoms with E-state index in [9.17, 15) is 5.11 Å². The third-order valence-corrected chi connectivity index (χ3v) is 2.56. The predicted molar refractivity (Wildman–Crippen MR) is 79.1 cm³/mol. The van der Waals surface area contributed by atoms with Crippen LogP contribution in [-0.2, 0) is 5.41 Å². The molecule has 18 heavy (non-hydrogen) atoms. The van der Waals surface area contributed by atoms with Gasteiger partial charge in [0.1, 0.15) is 5.75 Å². The molecule has 0 aliphatic heterocycles. The molecule has 0 fully saturated rings. The Labute approximate surface area is 113 Å². The average Bonchev–Trinajstić information content (AvgIpc) is 2.20. The molecular formula is C13H19N3OS. The maximum absolute atomic E-state index is 10.2. The lowest BCUT2D eigenvalue weighted by molar-refractivity contribution is 0.445. The van der Waals surface area contributed by atoms with Crippen molar-refractivity contribution in [2.75, 3.05) is 0 Å². The first kappa shape index (κ1) is 14.4. The maximum atomic E-state index is 10.2. The number of thiocarbonyl (C=S) groups is 1. The third-order valence-electron chi connectivity index (χ3n) is 2.47. The summed E-state index contributed by atoms with van der Waals surface area (Å²) in [5, 5.41) is 14.2. The standard InChI is InChI=1S/C13H19N3OS/c1-8-5-9(7-15-16-12(14)18)11(17)10(6-8)13(2,3)4/h5-7,17H,1-4H3,(H3,14,16,18). The number of hydrogen-bond donors (Lipinski definition) is 3. The number of phenols is 1. The van der Waals surface area contributed by atoms with Crippen LogP contribution in [0.4, 0.5) is 0 Å². The van der Waals surface area contributed by atoms with Gasteiger partial charge in [-0.1, -0.05) is 26.8 Å². The number of aryl methyl sites for hydroxylation is 1. The summed E-state index contributed by atoms with van der Waals surface area (Å²) >= 11 is 4.65. The van der Waals surface area contributed by atoms with Crippen LogP contribution in [-0.4, -0.2) is 16.4 Å². The summed E-state index contributed by atoms with van der Waals surface area (Å²) in [6.07, 6.45) is 1.51. The van der Waals surface area contributed by atoms with Crippen molar-refractivity contribution in [3.8, 4) is 5.75 Å². The minimum absolute atomic E-state index is 0.0921. The fourth-order valence-electron chi connectivity index (χ4n) is 1.64. The zero-order chi connectivity index (χ0) is 13.9. The van der Waals surface area contributed by atoms with Crippen molar-refractivity contribution in [1.29, 1.82) is 0 Å². The van der Waals surface area contributed by atoms with E-state index in [1.807, 2.05) is 19.1 Å². The highest BCUT2D eigenvalue weighted by atomic mass is 32.1. The number of hydrazone groups is 1. The number of nitrogens with zero attached hydrogens (tertiary/aromatic N) is 1. The Morgan fingerprint density at radius 3 is 2.56 bits per heavy atom. The molecule has 4 N–H and O–H groups in total. The van der Waals surface area contributed by atoms with Gasteiger partial charge >= 0.3 is 0 Å². The Kier molecular flexibility index (Phi) is 4.29. The molecule has 0 radical (unpaired) electrons. The summed E-state index contributed by atoms with van der Waals surface area (Å²) in [6, 6.07) is 3.84. The van der Waals surface area contributed by atoms with Gasteiger partial charge in [0, 0.05) is 11.1 Å². The zero-order valence-corrected chi connectivity index (χ0v) is 11.9. The summed E-state index contributed by atoms with van der Waals surface area (Å²) in [5.41, 5.74) is 10.2. The molecule has 4 nitrogen and oxygen atoms in total. The molecule has 0 spiro atoms. The summed E-state index contributed by atoms with van der Waals surface area (Å²) in [5.74, 6) is 0.238. The SMILES string of the molecule is Cc1cc(C=NNC(N)=S)c(O)c(C(C)(C)C)c1. The van der Waals surface area contributed by atoms with Crippen LogP contribution < -0.4 is 11.2 Å². The van der Waals surface area contributed by atoms with Gasteiger partial charge in [-0.2, -0.15) is 5.10 Å². The van der Waals surface area contributed by atoms with Crippen molar-refractivity contribution in [2.24, 2.45) is 10.8 Å². The van der Waals surface area contributed by atoms with E-state index in [2.05, 4.69) is 43.5 Å². The molecule has 0 aromatic heterocycles.